The molecule has 0 fully saturated rings. The Hall–Kier alpha value is -3.29. The summed E-state index contributed by atoms with van der Waals surface area (Å²) in [5.41, 5.74) is 3.47. The van der Waals surface area contributed by atoms with E-state index in [0.717, 1.165) is 27.8 Å². The maximum absolute atomic E-state index is 12.6. The Morgan fingerprint density at radius 3 is 2.68 bits per heavy atom. The zero-order valence-electron chi connectivity index (χ0n) is 17.3. The summed E-state index contributed by atoms with van der Waals surface area (Å²) in [6.07, 6.45) is 1.90. The molecule has 4 aromatic rings. The van der Waals surface area contributed by atoms with Crippen molar-refractivity contribution in [2.75, 3.05) is 17.9 Å². The minimum absolute atomic E-state index is 0.255. The van der Waals surface area contributed by atoms with E-state index in [9.17, 15) is 8.42 Å². The zero-order chi connectivity index (χ0) is 21.7. The molecule has 6 nitrogen and oxygen atoms in total. The summed E-state index contributed by atoms with van der Waals surface area (Å²) in [4.78, 5) is 3.43. The van der Waals surface area contributed by atoms with Gasteiger partial charge in [-0.05, 0) is 60.5 Å². The summed E-state index contributed by atoms with van der Waals surface area (Å²) < 4.78 is 33.8. The number of hydrogen-bond donors (Lipinski definition) is 3. The molecule has 0 amide bonds. The van der Waals surface area contributed by atoms with Crippen molar-refractivity contribution in [3.63, 3.8) is 0 Å². The second-order valence-corrected chi connectivity index (χ2v) is 9.03. The van der Waals surface area contributed by atoms with Gasteiger partial charge in [0, 0.05) is 35.9 Å². The highest BCUT2D eigenvalue weighted by atomic mass is 32.2. The largest absolute Gasteiger partial charge is 0.492 e. The van der Waals surface area contributed by atoms with Crippen LogP contribution in [0.25, 0.3) is 10.9 Å². The summed E-state index contributed by atoms with van der Waals surface area (Å²) in [5.74, 6) is 0.855. The van der Waals surface area contributed by atoms with Gasteiger partial charge in [-0.2, -0.15) is 0 Å². The molecular weight excluding hydrogens is 410 g/mol. The van der Waals surface area contributed by atoms with Crippen LogP contribution in [-0.2, 0) is 16.6 Å². The van der Waals surface area contributed by atoms with Gasteiger partial charge in [0.25, 0.3) is 10.0 Å². The molecule has 0 atom stereocenters. The minimum Gasteiger partial charge on any atom is -0.492 e. The molecule has 3 aromatic carbocycles. The van der Waals surface area contributed by atoms with E-state index in [1.54, 1.807) is 24.3 Å². The molecule has 4 rings (SSSR count). The predicted molar refractivity (Wildman–Crippen MR) is 124 cm³/mol. The van der Waals surface area contributed by atoms with Gasteiger partial charge in [-0.3, -0.25) is 4.72 Å². The number of hydrogen-bond acceptors (Lipinski definition) is 4. The molecule has 1 aromatic heterocycles. The first-order valence-electron chi connectivity index (χ1n) is 10.1. The molecule has 0 saturated carbocycles. The van der Waals surface area contributed by atoms with Crippen LogP contribution in [0.5, 0.6) is 5.75 Å². The van der Waals surface area contributed by atoms with Gasteiger partial charge in [0.05, 0.1) is 4.90 Å². The summed E-state index contributed by atoms with van der Waals surface area (Å²) in [6.45, 7) is 3.68. The number of aryl methyl sites for hydroxylation is 1. The number of aromatic amines is 1. The number of sulfonamides is 1. The lowest BCUT2D eigenvalue weighted by molar-refractivity contribution is 0.317. The van der Waals surface area contributed by atoms with E-state index in [2.05, 4.69) is 15.0 Å². The number of aromatic nitrogens is 1. The zero-order valence-corrected chi connectivity index (χ0v) is 18.1. The number of nitrogens with one attached hydrogen (secondary N) is 3. The molecule has 0 aliphatic heterocycles. The fraction of sp³-hybridized carbons (Fsp3) is 0.167. The van der Waals surface area contributed by atoms with Crippen LogP contribution in [0.1, 0.15) is 11.1 Å². The molecule has 0 bridgehead atoms. The molecule has 0 unspecified atom stereocenters. The Bertz CT molecular complexity index is 1280. The van der Waals surface area contributed by atoms with Crippen molar-refractivity contribution >= 4 is 26.6 Å². The van der Waals surface area contributed by atoms with E-state index in [-0.39, 0.29) is 4.90 Å². The normalized spacial score (nSPS) is 11.5. The number of fused-ring (bicyclic) bond motifs is 1. The van der Waals surface area contributed by atoms with Gasteiger partial charge < -0.3 is 15.0 Å². The maximum Gasteiger partial charge on any atom is 0.261 e. The molecule has 1 heterocycles. The first-order chi connectivity index (χ1) is 15.0. The van der Waals surface area contributed by atoms with Gasteiger partial charge in [-0.25, -0.2) is 8.42 Å². The van der Waals surface area contributed by atoms with Crippen molar-refractivity contribution in [2.24, 2.45) is 0 Å². The second-order valence-electron chi connectivity index (χ2n) is 7.34. The van der Waals surface area contributed by atoms with Crippen LogP contribution < -0.4 is 14.8 Å². The Kier molecular flexibility index (Phi) is 6.25. The second kappa shape index (κ2) is 9.24. The van der Waals surface area contributed by atoms with Crippen LogP contribution in [-0.4, -0.2) is 26.6 Å². The van der Waals surface area contributed by atoms with E-state index in [4.69, 9.17) is 4.74 Å². The summed E-state index contributed by atoms with van der Waals surface area (Å²) in [5, 5.41) is 4.40. The highest BCUT2D eigenvalue weighted by Gasteiger charge is 2.14. The van der Waals surface area contributed by atoms with Gasteiger partial charge in [0.1, 0.15) is 12.4 Å². The molecule has 0 aliphatic carbocycles. The third-order valence-corrected chi connectivity index (χ3v) is 6.28. The van der Waals surface area contributed by atoms with Crippen molar-refractivity contribution in [3.05, 3.63) is 90.1 Å². The predicted octanol–water partition coefficient (Wildman–Crippen LogP) is 4.45. The smallest absolute Gasteiger partial charge is 0.261 e. The highest BCUT2D eigenvalue weighted by Crippen LogP contribution is 2.24. The van der Waals surface area contributed by atoms with E-state index in [1.165, 1.54) is 0 Å². The van der Waals surface area contributed by atoms with Crippen molar-refractivity contribution in [1.29, 1.82) is 0 Å². The molecule has 0 spiro atoms. The lowest BCUT2D eigenvalue weighted by Gasteiger charge is -2.11. The first kappa shape index (κ1) is 21.0. The van der Waals surface area contributed by atoms with E-state index in [1.807, 2.05) is 61.7 Å². The standard InChI is InChI=1S/C24H25N3O3S/c1-18-5-2-8-21(15-18)31(28,29)27-20-7-3-6-19(16-20)17-25-13-14-30-24-10-4-9-23-22(24)11-12-26-23/h2-12,15-16,25-27H,13-14,17H2,1H3. The molecule has 160 valence electrons. The van der Waals surface area contributed by atoms with Crippen LogP contribution in [0.2, 0.25) is 0 Å². The molecule has 7 heteroatoms. The SMILES string of the molecule is Cc1cccc(S(=O)(=O)Nc2cccc(CNCCOc3cccc4[nH]ccc34)c2)c1. The van der Waals surface area contributed by atoms with Crippen molar-refractivity contribution in [3.8, 4) is 5.75 Å². The molecular formula is C24H25N3O3S. The lowest BCUT2D eigenvalue weighted by atomic mass is 10.2. The summed E-state index contributed by atoms with van der Waals surface area (Å²) in [7, 11) is -3.62. The number of benzene rings is 3. The van der Waals surface area contributed by atoms with Gasteiger partial charge >= 0.3 is 0 Å². The fourth-order valence-electron chi connectivity index (χ4n) is 3.39. The average Bonchev–Trinajstić information content (AvgIpc) is 3.23. The van der Waals surface area contributed by atoms with Crippen LogP contribution >= 0.6 is 0 Å². The van der Waals surface area contributed by atoms with Crippen molar-refractivity contribution in [1.82, 2.24) is 10.3 Å². The van der Waals surface area contributed by atoms with E-state index in [0.29, 0.717) is 25.4 Å². The summed E-state index contributed by atoms with van der Waals surface area (Å²) >= 11 is 0. The van der Waals surface area contributed by atoms with Gasteiger partial charge in [0.15, 0.2) is 0 Å². The molecule has 0 aliphatic rings. The quantitative estimate of drug-likeness (QED) is 0.339. The first-order valence-corrected chi connectivity index (χ1v) is 11.6. The van der Waals surface area contributed by atoms with Crippen LogP contribution in [0.4, 0.5) is 5.69 Å². The van der Waals surface area contributed by atoms with Gasteiger partial charge in [-0.15, -0.1) is 0 Å². The van der Waals surface area contributed by atoms with Crippen molar-refractivity contribution in [2.45, 2.75) is 18.4 Å². The van der Waals surface area contributed by atoms with Crippen LogP contribution in [0.3, 0.4) is 0 Å². The third kappa shape index (κ3) is 5.25. The van der Waals surface area contributed by atoms with Gasteiger partial charge in [-0.1, -0.05) is 30.3 Å². The molecule has 0 radical (unpaired) electrons. The topological polar surface area (TPSA) is 83.2 Å². The molecule has 31 heavy (non-hydrogen) atoms. The number of ether oxygens (including phenoxy) is 1. The average molecular weight is 436 g/mol. The minimum atomic E-state index is -3.62. The fourth-order valence-corrected chi connectivity index (χ4v) is 4.54. The molecule has 0 saturated heterocycles. The highest BCUT2D eigenvalue weighted by molar-refractivity contribution is 7.92. The maximum atomic E-state index is 12.6. The number of anilines is 1. The Balaban J connectivity index is 1.30. The number of rotatable bonds is 9. The Labute approximate surface area is 182 Å². The monoisotopic (exact) mass is 435 g/mol. The number of H-pyrrole nitrogens is 1. The van der Waals surface area contributed by atoms with E-state index >= 15 is 0 Å². The van der Waals surface area contributed by atoms with Crippen molar-refractivity contribution < 1.29 is 13.2 Å². The lowest BCUT2D eigenvalue weighted by Crippen LogP contribution is -2.20. The summed E-state index contributed by atoms with van der Waals surface area (Å²) in [6, 6.07) is 22.2. The van der Waals surface area contributed by atoms with E-state index < -0.39 is 10.0 Å². The Morgan fingerprint density at radius 2 is 1.81 bits per heavy atom. The van der Waals surface area contributed by atoms with Crippen LogP contribution in [0, 0.1) is 6.92 Å². The van der Waals surface area contributed by atoms with Crippen LogP contribution in [0.15, 0.2) is 83.9 Å². The molecule has 3 N–H and O–H groups in total. The third-order valence-electron chi connectivity index (χ3n) is 4.90. The van der Waals surface area contributed by atoms with Gasteiger partial charge in [0.2, 0.25) is 0 Å². The Morgan fingerprint density at radius 1 is 0.968 bits per heavy atom.